The summed E-state index contributed by atoms with van der Waals surface area (Å²) in [6, 6.07) is -1.40. The van der Waals surface area contributed by atoms with Gasteiger partial charge in [0, 0.05) is 6.42 Å². The van der Waals surface area contributed by atoms with Gasteiger partial charge >= 0.3 is 13.9 Å². The number of hydrogen-bond donors (Lipinski definition) is 4. The maximum atomic E-state index is 10.9. The summed E-state index contributed by atoms with van der Waals surface area (Å²) >= 11 is 0. The predicted molar refractivity (Wildman–Crippen MR) is 43.1 cm³/mol. The van der Waals surface area contributed by atoms with Crippen molar-refractivity contribution in [2.24, 2.45) is 0 Å². The maximum absolute atomic E-state index is 10.9. The molecule has 1 aliphatic heterocycles. The fourth-order valence-corrected chi connectivity index (χ4v) is 1.29. The summed E-state index contributed by atoms with van der Waals surface area (Å²) in [6.45, 7) is -0.303. The maximum Gasteiger partial charge on any atom is 0.469 e. The number of carbonyl (C=O) groups excluding carboxylic acids is 2. The molecule has 80 valence electrons. The molecule has 8 nitrogen and oxygen atoms in total. The van der Waals surface area contributed by atoms with Crippen LogP contribution in [0.25, 0.3) is 0 Å². The Balaban J connectivity index is 2.29. The molecule has 0 aromatic carbocycles. The number of hydrogen-bond acceptors (Lipinski definition) is 4. The highest BCUT2D eigenvalue weighted by Crippen LogP contribution is 2.35. The quantitative estimate of drug-likeness (QED) is 0.347. The second kappa shape index (κ2) is 4.05. The molecule has 1 rings (SSSR count). The third kappa shape index (κ3) is 3.43. The number of amides is 3. The van der Waals surface area contributed by atoms with E-state index < -0.39 is 25.8 Å². The van der Waals surface area contributed by atoms with Crippen molar-refractivity contribution in [1.82, 2.24) is 10.6 Å². The van der Waals surface area contributed by atoms with Crippen molar-refractivity contribution in [1.29, 1.82) is 0 Å². The highest BCUT2D eigenvalue weighted by molar-refractivity contribution is 7.46. The zero-order valence-electron chi connectivity index (χ0n) is 6.97. The molecular formula is C5H9N2O6P. The van der Waals surface area contributed by atoms with E-state index in [1.807, 2.05) is 5.32 Å². The van der Waals surface area contributed by atoms with Crippen molar-refractivity contribution in [3.8, 4) is 0 Å². The Morgan fingerprint density at radius 3 is 2.50 bits per heavy atom. The van der Waals surface area contributed by atoms with Crippen LogP contribution in [-0.4, -0.2) is 34.4 Å². The van der Waals surface area contributed by atoms with Gasteiger partial charge in [0.1, 0.15) is 6.04 Å². The Labute approximate surface area is 78.9 Å². The van der Waals surface area contributed by atoms with Gasteiger partial charge in [-0.3, -0.25) is 14.6 Å². The molecule has 0 aromatic rings. The summed E-state index contributed by atoms with van der Waals surface area (Å²) in [5, 5.41) is 4.23. The molecular weight excluding hydrogens is 215 g/mol. The average Bonchev–Trinajstić information content (AvgIpc) is 2.27. The number of phosphoric ester groups is 1. The molecule has 0 saturated carbocycles. The van der Waals surface area contributed by atoms with Gasteiger partial charge in [-0.15, -0.1) is 0 Å². The lowest BCUT2D eigenvalue weighted by atomic mass is 10.2. The fraction of sp³-hybridized carbons (Fsp3) is 0.600. The number of imide groups is 1. The molecule has 1 aliphatic rings. The summed E-state index contributed by atoms with van der Waals surface area (Å²) in [4.78, 5) is 38.1. The summed E-state index contributed by atoms with van der Waals surface area (Å²) in [5.41, 5.74) is 0. The molecule has 0 spiro atoms. The Morgan fingerprint density at radius 1 is 1.43 bits per heavy atom. The van der Waals surface area contributed by atoms with E-state index in [9.17, 15) is 14.2 Å². The monoisotopic (exact) mass is 224 g/mol. The number of urea groups is 1. The molecule has 0 radical (unpaired) electrons. The smallest absolute Gasteiger partial charge is 0.326 e. The predicted octanol–water partition coefficient (Wildman–Crippen LogP) is -1.31. The Kier molecular flexibility index (Phi) is 3.22. The van der Waals surface area contributed by atoms with Gasteiger partial charge in [-0.2, -0.15) is 0 Å². The number of rotatable bonds is 4. The molecule has 1 saturated heterocycles. The van der Waals surface area contributed by atoms with Crippen LogP contribution < -0.4 is 10.6 Å². The number of nitrogens with one attached hydrogen (secondary N) is 2. The minimum atomic E-state index is -4.50. The molecule has 4 N–H and O–H groups in total. The second-order valence-electron chi connectivity index (χ2n) is 2.63. The topological polar surface area (TPSA) is 125 Å². The highest BCUT2D eigenvalue weighted by atomic mass is 31.2. The SMILES string of the molecule is O=C1NC(=O)C(CCOP(=O)(O)O)N1. The van der Waals surface area contributed by atoms with E-state index in [0.717, 1.165) is 0 Å². The Morgan fingerprint density at radius 2 is 2.07 bits per heavy atom. The molecule has 1 heterocycles. The van der Waals surface area contributed by atoms with Gasteiger partial charge in [-0.1, -0.05) is 0 Å². The van der Waals surface area contributed by atoms with Crippen LogP contribution in [0.3, 0.4) is 0 Å². The lowest BCUT2D eigenvalue weighted by Crippen LogP contribution is -2.29. The molecule has 1 unspecified atom stereocenters. The number of phosphoric acid groups is 1. The average molecular weight is 224 g/mol. The fourth-order valence-electron chi connectivity index (χ4n) is 0.952. The van der Waals surface area contributed by atoms with Crippen molar-refractivity contribution in [3.63, 3.8) is 0 Å². The van der Waals surface area contributed by atoms with Crippen molar-refractivity contribution in [3.05, 3.63) is 0 Å². The van der Waals surface area contributed by atoms with Crippen molar-refractivity contribution < 1.29 is 28.5 Å². The normalized spacial score (nSPS) is 22.0. The van der Waals surface area contributed by atoms with E-state index >= 15 is 0 Å². The van der Waals surface area contributed by atoms with Crippen LogP contribution >= 0.6 is 7.82 Å². The lowest BCUT2D eigenvalue weighted by Gasteiger charge is -2.07. The van der Waals surface area contributed by atoms with Crippen LogP contribution in [0.4, 0.5) is 4.79 Å². The first-order chi connectivity index (χ1) is 6.38. The minimum absolute atomic E-state index is 0.0166. The molecule has 0 bridgehead atoms. The van der Waals surface area contributed by atoms with Crippen LogP contribution in [0.2, 0.25) is 0 Å². The van der Waals surface area contributed by atoms with E-state index in [-0.39, 0.29) is 13.0 Å². The van der Waals surface area contributed by atoms with Crippen LogP contribution in [0, 0.1) is 0 Å². The first-order valence-electron chi connectivity index (χ1n) is 3.70. The van der Waals surface area contributed by atoms with Gasteiger partial charge in [0.05, 0.1) is 6.61 Å². The first kappa shape index (κ1) is 11.1. The van der Waals surface area contributed by atoms with Gasteiger partial charge in [-0.05, 0) is 0 Å². The van der Waals surface area contributed by atoms with Crippen LogP contribution in [0.5, 0.6) is 0 Å². The van der Waals surface area contributed by atoms with Crippen LogP contribution in [-0.2, 0) is 13.9 Å². The summed E-state index contributed by atoms with van der Waals surface area (Å²) < 4.78 is 14.3. The summed E-state index contributed by atoms with van der Waals surface area (Å²) in [5.74, 6) is -0.524. The molecule has 0 aromatic heterocycles. The van der Waals surface area contributed by atoms with Gasteiger partial charge < -0.3 is 15.1 Å². The number of carbonyl (C=O) groups is 2. The van der Waals surface area contributed by atoms with E-state index in [4.69, 9.17) is 9.79 Å². The van der Waals surface area contributed by atoms with Crippen LogP contribution in [0.15, 0.2) is 0 Å². The van der Waals surface area contributed by atoms with Crippen molar-refractivity contribution in [2.75, 3.05) is 6.61 Å². The van der Waals surface area contributed by atoms with Gasteiger partial charge in [0.15, 0.2) is 0 Å². The van der Waals surface area contributed by atoms with E-state index in [2.05, 4.69) is 9.84 Å². The van der Waals surface area contributed by atoms with E-state index in [0.29, 0.717) is 0 Å². The standard InChI is InChI=1S/C5H9N2O6P/c8-4-3(6-5(9)7-4)1-2-13-14(10,11)12/h3H,1-2H2,(H2,10,11,12)(H2,6,7,8,9). The van der Waals surface area contributed by atoms with Gasteiger partial charge in [0.25, 0.3) is 5.91 Å². The summed E-state index contributed by atoms with van der Waals surface area (Å²) in [7, 11) is -4.50. The lowest BCUT2D eigenvalue weighted by molar-refractivity contribution is -0.120. The molecule has 1 atom stereocenters. The molecule has 14 heavy (non-hydrogen) atoms. The second-order valence-corrected chi connectivity index (χ2v) is 3.87. The Bertz CT molecular complexity index is 299. The first-order valence-corrected chi connectivity index (χ1v) is 5.23. The highest BCUT2D eigenvalue weighted by Gasteiger charge is 2.29. The Hall–Kier alpha value is -0.950. The molecule has 1 fully saturated rings. The van der Waals surface area contributed by atoms with Gasteiger partial charge in [0.2, 0.25) is 0 Å². The molecule has 9 heteroatoms. The van der Waals surface area contributed by atoms with Crippen LogP contribution in [0.1, 0.15) is 6.42 Å². The van der Waals surface area contributed by atoms with E-state index in [1.165, 1.54) is 0 Å². The zero-order valence-corrected chi connectivity index (χ0v) is 7.86. The van der Waals surface area contributed by atoms with Crippen molar-refractivity contribution in [2.45, 2.75) is 12.5 Å². The largest absolute Gasteiger partial charge is 0.469 e. The summed E-state index contributed by atoms with van der Waals surface area (Å²) in [6.07, 6.45) is 0.0166. The molecule has 0 aliphatic carbocycles. The van der Waals surface area contributed by atoms with Crippen molar-refractivity contribution >= 4 is 19.8 Å². The zero-order chi connectivity index (χ0) is 10.8. The third-order valence-corrected chi connectivity index (χ3v) is 2.04. The molecule has 3 amide bonds. The van der Waals surface area contributed by atoms with E-state index in [1.54, 1.807) is 0 Å². The van der Waals surface area contributed by atoms with Gasteiger partial charge in [-0.25, -0.2) is 9.36 Å². The minimum Gasteiger partial charge on any atom is -0.326 e. The third-order valence-electron chi connectivity index (χ3n) is 1.52.